The zero-order valence-corrected chi connectivity index (χ0v) is 13.8. The van der Waals surface area contributed by atoms with Gasteiger partial charge in [-0.15, -0.1) is 0 Å². The van der Waals surface area contributed by atoms with E-state index in [9.17, 15) is 0 Å². The molecule has 0 fully saturated rings. The zero-order chi connectivity index (χ0) is 14.6. The number of nitrogens with one attached hydrogen (secondary N) is 1. The fourth-order valence-corrected chi connectivity index (χ4v) is 2.50. The first-order chi connectivity index (χ1) is 8.75. The number of rotatable bonds is 5. The van der Waals surface area contributed by atoms with Crippen molar-refractivity contribution < 1.29 is 0 Å². The predicted octanol–water partition coefficient (Wildman–Crippen LogP) is 4.51. The van der Waals surface area contributed by atoms with E-state index in [4.69, 9.17) is 0 Å². The van der Waals surface area contributed by atoms with Crippen LogP contribution in [0.25, 0.3) is 0 Å². The molecule has 0 saturated carbocycles. The van der Waals surface area contributed by atoms with Crippen LogP contribution in [0.3, 0.4) is 0 Å². The maximum Gasteiger partial charge on any atom is 0.0107 e. The minimum absolute atomic E-state index is 0.385. The molecular formula is C18H31N. The van der Waals surface area contributed by atoms with Crippen molar-refractivity contribution in [3.05, 3.63) is 34.9 Å². The van der Waals surface area contributed by atoms with E-state index in [0.717, 1.165) is 6.42 Å². The monoisotopic (exact) mass is 261 g/mol. The smallest absolute Gasteiger partial charge is 0.0107 e. The van der Waals surface area contributed by atoms with Gasteiger partial charge in [-0.2, -0.15) is 0 Å². The maximum atomic E-state index is 3.51. The quantitative estimate of drug-likeness (QED) is 0.822. The second kappa shape index (κ2) is 6.56. The lowest BCUT2D eigenvalue weighted by molar-refractivity contribution is 0.225. The highest BCUT2D eigenvalue weighted by molar-refractivity contribution is 5.34. The summed E-state index contributed by atoms with van der Waals surface area (Å²) in [7, 11) is 2.09. The second-order valence-electron chi connectivity index (χ2n) is 7.06. The van der Waals surface area contributed by atoms with Gasteiger partial charge in [0.05, 0.1) is 0 Å². The van der Waals surface area contributed by atoms with E-state index in [1.54, 1.807) is 0 Å². The SMILES string of the molecule is CNC(Cc1c(C)cccc1C)CC(C)C(C)(C)C. The molecule has 0 radical (unpaired) electrons. The highest BCUT2D eigenvalue weighted by atomic mass is 14.9. The van der Waals surface area contributed by atoms with Crippen LogP contribution in [0.5, 0.6) is 0 Å². The van der Waals surface area contributed by atoms with Crippen LogP contribution >= 0.6 is 0 Å². The van der Waals surface area contributed by atoms with Gasteiger partial charge in [0.2, 0.25) is 0 Å². The number of benzene rings is 1. The van der Waals surface area contributed by atoms with Crippen LogP contribution in [0.2, 0.25) is 0 Å². The van der Waals surface area contributed by atoms with E-state index in [1.807, 2.05) is 0 Å². The summed E-state index contributed by atoms with van der Waals surface area (Å²) < 4.78 is 0. The van der Waals surface area contributed by atoms with Crippen molar-refractivity contribution in [2.24, 2.45) is 11.3 Å². The Morgan fingerprint density at radius 3 is 2.05 bits per heavy atom. The molecule has 2 atom stereocenters. The van der Waals surface area contributed by atoms with Crippen molar-refractivity contribution in [3.63, 3.8) is 0 Å². The molecule has 1 aromatic carbocycles. The average Bonchev–Trinajstić information content (AvgIpc) is 2.31. The molecule has 0 heterocycles. The summed E-state index contributed by atoms with van der Waals surface area (Å²) in [5, 5.41) is 3.51. The lowest BCUT2D eigenvalue weighted by atomic mass is 9.77. The van der Waals surface area contributed by atoms with Crippen LogP contribution in [0.4, 0.5) is 0 Å². The predicted molar refractivity (Wildman–Crippen MR) is 85.7 cm³/mol. The zero-order valence-electron chi connectivity index (χ0n) is 13.8. The molecule has 1 rings (SSSR count). The Kier molecular flexibility index (Phi) is 5.61. The van der Waals surface area contributed by atoms with E-state index in [0.29, 0.717) is 17.4 Å². The molecule has 0 aliphatic rings. The Morgan fingerprint density at radius 2 is 1.63 bits per heavy atom. The van der Waals surface area contributed by atoms with Gasteiger partial charge in [0.25, 0.3) is 0 Å². The molecule has 1 nitrogen and oxygen atoms in total. The first-order valence-electron chi connectivity index (χ1n) is 7.48. The number of hydrogen-bond acceptors (Lipinski definition) is 1. The normalized spacial score (nSPS) is 15.3. The third-order valence-electron chi connectivity index (χ3n) is 4.62. The molecule has 0 saturated heterocycles. The lowest BCUT2D eigenvalue weighted by Gasteiger charge is -2.31. The van der Waals surface area contributed by atoms with Gasteiger partial charge in [0, 0.05) is 6.04 Å². The Balaban J connectivity index is 2.78. The van der Waals surface area contributed by atoms with Gasteiger partial charge in [0.15, 0.2) is 0 Å². The molecular weight excluding hydrogens is 230 g/mol. The number of hydrogen-bond donors (Lipinski definition) is 1. The van der Waals surface area contributed by atoms with Crippen molar-refractivity contribution in [2.45, 2.75) is 60.4 Å². The maximum absolute atomic E-state index is 3.51. The summed E-state index contributed by atoms with van der Waals surface area (Å²) in [4.78, 5) is 0. The van der Waals surface area contributed by atoms with Gasteiger partial charge >= 0.3 is 0 Å². The second-order valence-corrected chi connectivity index (χ2v) is 7.06. The van der Waals surface area contributed by atoms with Gasteiger partial charge in [-0.25, -0.2) is 0 Å². The van der Waals surface area contributed by atoms with Crippen molar-refractivity contribution >= 4 is 0 Å². The number of aryl methyl sites for hydroxylation is 2. The molecule has 19 heavy (non-hydrogen) atoms. The standard InChI is InChI=1S/C18H31N/c1-13-9-8-10-14(2)17(13)12-16(19-7)11-15(3)18(4,5)6/h8-10,15-16,19H,11-12H2,1-7H3. The first kappa shape index (κ1) is 16.2. The average molecular weight is 261 g/mol. The molecule has 0 aliphatic carbocycles. The van der Waals surface area contributed by atoms with E-state index in [1.165, 1.54) is 23.1 Å². The van der Waals surface area contributed by atoms with Crippen LogP contribution in [-0.2, 0) is 6.42 Å². The summed E-state index contributed by atoms with van der Waals surface area (Å²) >= 11 is 0. The van der Waals surface area contributed by atoms with E-state index in [-0.39, 0.29) is 0 Å². The first-order valence-corrected chi connectivity index (χ1v) is 7.48. The molecule has 1 aromatic rings. The Bertz CT molecular complexity index is 380. The van der Waals surface area contributed by atoms with E-state index in [2.05, 4.69) is 72.1 Å². The summed E-state index contributed by atoms with van der Waals surface area (Å²) in [5.41, 5.74) is 4.74. The fraction of sp³-hybridized carbons (Fsp3) is 0.667. The van der Waals surface area contributed by atoms with Crippen LogP contribution in [0.1, 0.15) is 50.8 Å². The molecule has 108 valence electrons. The van der Waals surface area contributed by atoms with Gasteiger partial charge in [0.1, 0.15) is 0 Å². The van der Waals surface area contributed by atoms with Crippen molar-refractivity contribution in [1.82, 2.24) is 5.32 Å². The number of likely N-dealkylation sites (N-methyl/N-ethyl adjacent to an activating group) is 1. The lowest BCUT2D eigenvalue weighted by Crippen LogP contribution is -2.33. The minimum atomic E-state index is 0.385. The van der Waals surface area contributed by atoms with Crippen LogP contribution in [0.15, 0.2) is 18.2 Å². The molecule has 0 aliphatic heterocycles. The molecule has 0 spiro atoms. The molecule has 2 unspecified atom stereocenters. The van der Waals surface area contributed by atoms with Crippen molar-refractivity contribution in [1.29, 1.82) is 0 Å². The van der Waals surface area contributed by atoms with E-state index >= 15 is 0 Å². The summed E-state index contributed by atoms with van der Waals surface area (Å²) in [6.07, 6.45) is 2.36. The summed E-state index contributed by atoms with van der Waals surface area (Å²) in [6, 6.07) is 7.17. The van der Waals surface area contributed by atoms with E-state index < -0.39 is 0 Å². The van der Waals surface area contributed by atoms with Gasteiger partial charge in [-0.3, -0.25) is 0 Å². The third kappa shape index (κ3) is 4.65. The highest BCUT2D eigenvalue weighted by Crippen LogP contribution is 2.30. The van der Waals surface area contributed by atoms with Crippen LogP contribution < -0.4 is 5.32 Å². The molecule has 0 aromatic heterocycles. The Hall–Kier alpha value is -0.820. The summed E-state index contributed by atoms with van der Waals surface area (Å²) in [5.74, 6) is 0.717. The topological polar surface area (TPSA) is 12.0 Å². The van der Waals surface area contributed by atoms with Crippen molar-refractivity contribution in [3.8, 4) is 0 Å². The van der Waals surface area contributed by atoms with Crippen LogP contribution in [-0.4, -0.2) is 13.1 Å². The van der Waals surface area contributed by atoms with Gasteiger partial charge < -0.3 is 5.32 Å². The molecule has 1 N–H and O–H groups in total. The Morgan fingerprint density at radius 1 is 1.11 bits per heavy atom. The molecule has 0 bridgehead atoms. The van der Waals surface area contributed by atoms with Gasteiger partial charge in [-0.05, 0) is 61.8 Å². The van der Waals surface area contributed by atoms with Gasteiger partial charge in [-0.1, -0.05) is 45.9 Å². The highest BCUT2D eigenvalue weighted by Gasteiger charge is 2.23. The largest absolute Gasteiger partial charge is 0.317 e. The molecule has 0 amide bonds. The Labute approximate surface area is 119 Å². The molecule has 1 heteroatoms. The van der Waals surface area contributed by atoms with Crippen LogP contribution in [0, 0.1) is 25.2 Å². The third-order valence-corrected chi connectivity index (χ3v) is 4.62. The fourth-order valence-electron chi connectivity index (χ4n) is 2.50. The van der Waals surface area contributed by atoms with Crippen molar-refractivity contribution in [2.75, 3.05) is 7.05 Å². The minimum Gasteiger partial charge on any atom is -0.317 e. The summed E-state index contributed by atoms with van der Waals surface area (Å²) in [6.45, 7) is 13.8.